The zero-order valence-electron chi connectivity index (χ0n) is 14.8. The number of amides is 1. The number of para-hydroxylation sites is 1. The Morgan fingerprint density at radius 3 is 2.92 bits per heavy atom. The first-order valence-corrected chi connectivity index (χ1v) is 8.65. The Balaban J connectivity index is 1.49. The molecule has 1 atom stereocenters. The van der Waals surface area contributed by atoms with E-state index in [1.165, 1.54) is 0 Å². The molecule has 5 nitrogen and oxygen atoms in total. The van der Waals surface area contributed by atoms with E-state index in [2.05, 4.69) is 27.7 Å². The lowest BCUT2D eigenvalue weighted by atomic mass is 10.0. The van der Waals surface area contributed by atoms with Gasteiger partial charge in [-0.25, -0.2) is 0 Å². The van der Waals surface area contributed by atoms with Gasteiger partial charge in [-0.15, -0.1) is 0 Å². The van der Waals surface area contributed by atoms with E-state index in [-0.39, 0.29) is 5.91 Å². The number of benzene rings is 1. The molecule has 1 amide bonds. The summed E-state index contributed by atoms with van der Waals surface area (Å²) in [6.07, 6.45) is 1.11. The lowest BCUT2D eigenvalue weighted by Crippen LogP contribution is -2.52. The van der Waals surface area contributed by atoms with Crippen molar-refractivity contribution < 1.29 is 9.21 Å². The minimum absolute atomic E-state index is 0.0562. The molecule has 2 aromatic rings. The number of furan rings is 1. The van der Waals surface area contributed by atoms with Gasteiger partial charge in [0.05, 0.1) is 12.1 Å². The Kier molecular flexibility index (Phi) is 4.92. The molecule has 3 rings (SSSR count). The van der Waals surface area contributed by atoms with Gasteiger partial charge in [-0.1, -0.05) is 18.2 Å². The number of hydrogen-bond donors (Lipinski definition) is 2. The standard InChI is InChI=1S/C19H27N3O2/c1-19(2,20-3)18(23)21-11-14-8-9-22(12-14)13-16-10-15-6-4-5-7-17(15)24-16/h4-7,10,14,20H,8-9,11-13H2,1-3H3,(H,21,23)/t14-/m0/s1. The second-order valence-corrected chi connectivity index (χ2v) is 7.23. The third-order valence-electron chi connectivity index (χ3n) is 4.97. The maximum atomic E-state index is 12.1. The van der Waals surface area contributed by atoms with E-state index in [1.54, 1.807) is 0 Å². The molecule has 2 N–H and O–H groups in total. The van der Waals surface area contributed by atoms with Crippen LogP contribution in [0.3, 0.4) is 0 Å². The number of nitrogens with zero attached hydrogens (tertiary/aromatic N) is 1. The molecule has 0 spiro atoms. The number of hydrogen-bond acceptors (Lipinski definition) is 4. The molecule has 2 heterocycles. The Morgan fingerprint density at radius 2 is 2.17 bits per heavy atom. The molecule has 1 aromatic heterocycles. The lowest BCUT2D eigenvalue weighted by molar-refractivity contribution is -0.126. The normalized spacial score (nSPS) is 19.0. The number of likely N-dealkylation sites (N-methyl/N-ethyl adjacent to an activating group) is 1. The summed E-state index contributed by atoms with van der Waals surface area (Å²) >= 11 is 0. The van der Waals surface area contributed by atoms with Gasteiger partial charge in [0.25, 0.3) is 0 Å². The van der Waals surface area contributed by atoms with Gasteiger partial charge in [-0.3, -0.25) is 9.69 Å². The summed E-state index contributed by atoms with van der Waals surface area (Å²) in [6, 6.07) is 10.2. The number of fused-ring (bicyclic) bond motifs is 1. The highest BCUT2D eigenvalue weighted by atomic mass is 16.3. The molecule has 0 bridgehead atoms. The van der Waals surface area contributed by atoms with Crippen LogP contribution in [-0.2, 0) is 11.3 Å². The summed E-state index contributed by atoms with van der Waals surface area (Å²) in [5.74, 6) is 1.57. The summed E-state index contributed by atoms with van der Waals surface area (Å²) in [5, 5.41) is 7.26. The van der Waals surface area contributed by atoms with Crippen molar-refractivity contribution in [1.29, 1.82) is 0 Å². The van der Waals surface area contributed by atoms with Crippen LogP contribution in [0.2, 0.25) is 0 Å². The molecule has 1 aliphatic rings. The molecule has 1 aromatic carbocycles. The van der Waals surface area contributed by atoms with Crippen LogP contribution >= 0.6 is 0 Å². The maximum absolute atomic E-state index is 12.1. The van der Waals surface area contributed by atoms with Crippen LogP contribution < -0.4 is 10.6 Å². The van der Waals surface area contributed by atoms with Crippen molar-refractivity contribution in [1.82, 2.24) is 15.5 Å². The van der Waals surface area contributed by atoms with Crippen LogP contribution in [0.25, 0.3) is 11.0 Å². The summed E-state index contributed by atoms with van der Waals surface area (Å²) in [4.78, 5) is 14.5. The van der Waals surface area contributed by atoms with Crippen molar-refractivity contribution in [3.8, 4) is 0 Å². The minimum Gasteiger partial charge on any atom is -0.460 e. The van der Waals surface area contributed by atoms with Gasteiger partial charge in [0.2, 0.25) is 5.91 Å². The zero-order chi connectivity index (χ0) is 17.2. The van der Waals surface area contributed by atoms with Crippen LogP contribution in [0.1, 0.15) is 26.0 Å². The van der Waals surface area contributed by atoms with Crippen molar-refractivity contribution in [3.63, 3.8) is 0 Å². The number of carbonyl (C=O) groups excluding carboxylic acids is 1. The number of rotatable bonds is 6. The molecular formula is C19H27N3O2. The van der Waals surface area contributed by atoms with Gasteiger partial charge in [0.15, 0.2) is 0 Å². The predicted octanol–water partition coefficient (Wildman–Crippen LogP) is 2.37. The molecule has 5 heteroatoms. The van der Waals surface area contributed by atoms with E-state index >= 15 is 0 Å². The average Bonchev–Trinajstić information content (AvgIpc) is 3.18. The highest BCUT2D eigenvalue weighted by Crippen LogP contribution is 2.23. The Bertz CT molecular complexity index is 674. The van der Waals surface area contributed by atoms with Crippen molar-refractivity contribution in [2.75, 3.05) is 26.7 Å². The third kappa shape index (κ3) is 3.79. The van der Waals surface area contributed by atoms with Crippen LogP contribution in [0, 0.1) is 5.92 Å². The van der Waals surface area contributed by atoms with E-state index in [0.29, 0.717) is 5.92 Å². The molecular weight excluding hydrogens is 302 g/mol. The molecule has 0 saturated carbocycles. The van der Waals surface area contributed by atoms with Crippen LogP contribution in [0.5, 0.6) is 0 Å². The van der Waals surface area contributed by atoms with Gasteiger partial charge in [0, 0.05) is 18.5 Å². The Hall–Kier alpha value is -1.85. The van der Waals surface area contributed by atoms with E-state index in [1.807, 2.05) is 39.1 Å². The maximum Gasteiger partial charge on any atom is 0.239 e. The van der Waals surface area contributed by atoms with Crippen molar-refractivity contribution >= 4 is 16.9 Å². The largest absolute Gasteiger partial charge is 0.460 e. The summed E-state index contributed by atoms with van der Waals surface area (Å²) in [6.45, 7) is 7.40. The average molecular weight is 329 g/mol. The van der Waals surface area contributed by atoms with Gasteiger partial charge >= 0.3 is 0 Å². The van der Waals surface area contributed by atoms with Crippen molar-refractivity contribution in [2.24, 2.45) is 5.92 Å². The molecule has 24 heavy (non-hydrogen) atoms. The van der Waals surface area contributed by atoms with E-state index < -0.39 is 5.54 Å². The molecule has 0 radical (unpaired) electrons. The summed E-state index contributed by atoms with van der Waals surface area (Å²) in [7, 11) is 1.81. The van der Waals surface area contributed by atoms with Crippen LogP contribution in [0.4, 0.5) is 0 Å². The highest BCUT2D eigenvalue weighted by Gasteiger charge is 2.28. The number of likely N-dealkylation sites (tertiary alicyclic amines) is 1. The van der Waals surface area contributed by atoms with E-state index in [4.69, 9.17) is 4.42 Å². The lowest BCUT2D eigenvalue weighted by Gasteiger charge is -2.24. The fourth-order valence-electron chi connectivity index (χ4n) is 3.13. The predicted molar refractivity (Wildman–Crippen MR) is 95.7 cm³/mol. The zero-order valence-corrected chi connectivity index (χ0v) is 14.8. The fraction of sp³-hybridized carbons (Fsp3) is 0.526. The first-order valence-electron chi connectivity index (χ1n) is 8.65. The summed E-state index contributed by atoms with van der Waals surface area (Å²) in [5.41, 5.74) is 0.428. The van der Waals surface area contributed by atoms with E-state index in [0.717, 1.165) is 49.3 Å². The molecule has 1 saturated heterocycles. The van der Waals surface area contributed by atoms with Gasteiger partial charge in [0.1, 0.15) is 11.3 Å². The fourth-order valence-corrected chi connectivity index (χ4v) is 3.13. The second kappa shape index (κ2) is 6.95. The number of carbonyl (C=O) groups is 1. The SMILES string of the molecule is CNC(C)(C)C(=O)NC[C@@H]1CCN(Cc2cc3ccccc3o2)C1. The monoisotopic (exact) mass is 329 g/mol. The molecule has 1 fully saturated rings. The molecule has 0 unspecified atom stereocenters. The van der Waals surface area contributed by atoms with Crippen LogP contribution in [-0.4, -0.2) is 43.0 Å². The third-order valence-corrected chi connectivity index (χ3v) is 4.97. The molecule has 130 valence electrons. The highest BCUT2D eigenvalue weighted by molar-refractivity contribution is 5.85. The summed E-state index contributed by atoms with van der Waals surface area (Å²) < 4.78 is 5.90. The topological polar surface area (TPSA) is 57.5 Å². The van der Waals surface area contributed by atoms with E-state index in [9.17, 15) is 4.79 Å². The minimum atomic E-state index is -0.521. The molecule has 0 aliphatic carbocycles. The van der Waals surface area contributed by atoms with Crippen LogP contribution in [0.15, 0.2) is 34.7 Å². The van der Waals surface area contributed by atoms with Gasteiger partial charge < -0.3 is 15.1 Å². The smallest absolute Gasteiger partial charge is 0.239 e. The second-order valence-electron chi connectivity index (χ2n) is 7.23. The molecule has 1 aliphatic heterocycles. The Labute approximate surface area is 143 Å². The quantitative estimate of drug-likeness (QED) is 0.854. The van der Waals surface area contributed by atoms with Gasteiger partial charge in [-0.05, 0) is 51.9 Å². The first kappa shape index (κ1) is 17.0. The van der Waals surface area contributed by atoms with Crippen molar-refractivity contribution in [3.05, 3.63) is 36.1 Å². The number of nitrogens with one attached hydrogen (secondary N) is 2. The first-order chi connectivity index (χ1) is 11.5. The Morgan fingerprint density at radius 1 is 1.38 bits per heavy atom. The van der Waals surface area contributed by atoms with Gasteiger partial charge in [-0.2, -0.15) is 0 Å². The van der Waals surface area contributed by atoms with Crippen molar-refractivity contribution in [2.45, 2.75) is 32.4 Å².